The molecule has 5 rings (SSSR count). The zero-order valence-corrected chi connectivity index (χ0v) is 22.5. The molecule has 1 aromatic heterocycles. The van der Waals surface area contributed by atoms with Crippen molar-refractivity contribution in [1.82, 2.24) is 14.9 Å². The molecule has 3 aromatic rings. The largest absolute Gasteiger partial charge is 0.396 e. The minimum absolute atomic E-state index is 0.0613. The van der Waals surface area contributed by atoms with Crippen LogP contribution >= 0.6 is 0 Å². The fourth-order valence-corrected chi connectivity index (χ4v) is 4.92. The number of aliphatic hydroxyl groups excluding tert-OH is 1. The lowest BCUT2D eigenvalue weighted by atomic mass is 9.98. The van der Waals surface area contributed by atoms with Crippen LogP contribution in [0.1, 0.15) is 35.9 Å². The van der Waals surface area contributed by atoms with Gasteiger partial charge >= 0.3 is 0 Å². The van der Waals surface area contributed by atoms with Crippen molar-refractivity contribution >= 4 is 40.2 Å². The Labute approximate surface area is 231 Å². The Kier molecular flexibility index (Phi) is 7.63. The van der Waals surface area contributed by atoms with Crippen LogP contribution < -0.4 is 10.2 Å². The molecule has 1 unspecified atom stereocenters. The van der Waals surface area contributed by atoms with Crippen LogP contribution in [0.5, 0.6) is 0 Å². The van der Waals surface area contributed by atoms with Crippen molar-refractivity contribution in [2.24, 2.45) is 9.98 Å². The summed E-state index contributed by atoms with van der Waals surface area (Å²) in [6.07, 6.45) is 2.33. The first kappa shape index (κ1) is 27.0. The zero-order valence-electron chi connectivity index (χ0n) is 22.5. The molecule has 0 aliphatic carbocycles. The topological polar surface area (TPSA) is 149 Å². The molecule has 206 valence electrons. The number of carbonyl (C=O) groups excluding carboxylic acids is 1. The first-order valence-electron chi connectivity index (χ1n) is 12.9. The lowest BCUT2D eigenvalue weighted by Crippen LogP contribution is -2.33. The normalized spacial score (nSPS) is 17.2. The summed E-state index contributed by atoms with van der Waals surface area (Å²) >= 11 is 0. The molecule has 2 aliphatic rings. The summed E-state index contributed by atoms with van der Waals surface area (Å²) in [5.74, 6) is 0.992. The molecule has 0 radical (unpaired) electrons. The van der Waals surface area contributed by atoms with Gasteiger partial charge in [0.25, 0.3) is 5.69 Å². The van der Waals surface area contributed by atoms with Crippen LogP contribution in [-0.4, -0.2) is 75.1 Å². The summed E-state index contributed by atoms with van der Waals surface area (Å²) < 4.78 is 0. The number of benzodiazepines with no additional fused rings is 1. The van der Waals surface area contributed by atoms with Gasteiger partial charge in [0, 0.05) is 79.1 Å². The number of rotatable bonds is 8. The van der Waals surface area contributed by atoms with Crippen molar-refractivity contribution in [2.75, 3.05) is 37.1 Å². The number of aromatic nitrogens is 2. The third kappa shape index (κ3) is 5.31. The third-order valence-electron chi connectivity index (χ3n) is 7.20. The first-order chi connectivity index (χ1) is 19.3. The zero-order chi connectivity index (χ0) is 28.4. The number of nitrogens with one attached hydrogen (secondary N) is 1. The molecular weight excluding hydrogens is 512 g/mol. The van der Waals surface area contributed by atoms with Crippen molar-refractivity contribution in [3.8, 4) is 0 Å². The van der Waals surface area contributed by atoms with Crippen molar-refractivity contribution in [1.29, 1.82) is 0 Å². The molecule has 0 saturated carbocycles. The molecular formula is C28H30N8O4. The van der Waals surface area contributed by atoms with E-state index in [4.69, 9.17) is 0 Å². The van der Waals surface area contributed by atoms with Crippen LogP contribution in [0.15, 0.2) is 58.6 Å². The Hall–Kier alpha value is -4.55. The number of nitro groups is 1. The standard InChI is InChI=1S/C28H30N8O4/c1-17-23(10-11-37)31-16-35(17)15-19-13-29-18(2)32-28(19)33-24-7-5-4-6-21(24)27-22-12-20(36(39)40)8-9-25(22)34(3)26(38)14-30-27/h4-9,12-13,17,37H,10-11,14-16H2,1-3H3,(H,29,32,33). The molecule has 0 bridgehead atoms. The molecule has 12 heteroatoms. The van der Waals surface area contributed by atoms with Crippen molar-refractivity contribution < 1.29 is 14.8 Å². The van der Waals surface area contributed by atoms with Crippen LogP contribution in [0.2, 0.25) is 0 Å². The van der Waals surface area contributed by atoms with Gasteiger partial charge in [-0.15, -0.1) is 0 Å². The molecule has 2 N–H and O–H groups in total. The fourth-order valence-electron chi connectivity index (χ4n) is 4.92. The summed E-state index contributed by atoms with van der Waals surface area (Å²) in [6.45, 7) is 4.91. The molecule has 0 saturated heterocycles. The number of hydrogen-bond donors (Lipinski definition) is 2. The summed E-state index contributed by atoms with van der Waals surface area (Å²) in [4.78, 5) is 45.8. The maximum absolute atomic E-state index is 12.7. The molecule has 3 heterocycles. The van der Waals surface area contributed by atoms with E-state index in [2.05, 4.69) is 37.1 Å². The van der Waals surface area contributed by atoms with E-state index in [-0.39, 0.29) is 30.8 Å². The Morgan fingerprint density at radius 1 is 1.18 bits per heavy atom. The Bertz CT molecular complexity index is 1540. The average molecular weight is 543 g/mol. The van der Waals surface area contributed by atoms with E-state index < -0.39 is 4.92 Å². The lowest BCUT2D eigenvalue weighted by Gasteiger charge is -2.23. The second-order valence-electron chi connectivity index (χ2n) is 9.73. The molecule has 0 fully saturated rings. The number of nitrogens with zero attached hydrogens (tertiary/aromatic N) is 7. The van der Waals surface area contributed by atoms with Crippen LogP contribution in [0.4, 0.5) is 22.9 Å². The van der Waals surface area contributed by atoms with Crippen molar-refractivity contribution in [3.63, 3.8) is 0 Å². The summed E-state index contributed by atoms with van der Waals surface area (Å²) in [7, 11) is 1.64. The van der Waals surface area contributed by atoms with Crippen LogP contribution in [0.3, 0.4) is 0 Å². The molecule has 1 atom stereocenters. The van der Waals surface area contributed by atoms with Gasteiger partial charge in [-0.2, -0.15) is 0 Å². The minimum atomic E-state index is -0.459. The number of hydrogen-bond acceptors (Lipinski definition) is 10. The molecule has 2 aromatic carbocycles. The molecule has 1 amide bonds. The maximum Gasteiger partial charge on any atom is 0.270 e. The van der Waals surface area contributed by atoms with Gasteiger partial charge in [0.05, 0.1) is 23.0 Å². The second-order valence-corrected chi connectivity index (χ2v) is 9.73. The highest BCUT2D eigenvalue weighted by atomic mass is 16.6. The number of non-ortho nitro benzene ring substituents is 1. The van der Waals surface area contributed by atoms with Gasteiger partial charge in [-0.05, 0) is 26.0 Å². The van der Waals surface area contributed by atoms with E-state index in [1.54, 1.807) is 19.3 Å². The Morgan fingerprint density at radius 3 is 2.75 bits per heavy atom. The van der Waals surface area contributed by atoms with E-state index in [0.717, 1.165) is 11.3 Å². The molecule has 2 aliphatic heterocycles. The highest BCUT2D eigenvalue weighted by molar-refractivity contribution is 6.22. The number of para-hydroxylation sites is 1. The average Bonchev–Trinajstić information content (AvgIpc) is 3.22. The summed E-state index contributed by atoms with van der Waals surface area (Å²) in [6, 6.07) is 12.0. The monoisotopic (exact) mass is 542 g/mol. The number of aliphatic imine (C=N–C) groups is 2. The highest BCUT2D eigenvalue weighted by Crippen LogP contribution is 2.33. The van der Waals surface area contributed by atoms with Gasteiger partial charge in [0.2, 0.25) is 5.91 Å². The number of anilines is 3. The van der Waals surface area contributed by atoms with Crippen LogP contribution in [-0.2, 0) is 11.3 Å². The van der Waals surface area contributed by atoms with E-state index in [1.165, 1.54) is 17.0 Å². The number of aliphatic hydroxyl groups is 1. The number of aryl methyl sites for hydroxylation is 1. The van der Waals surface area contributed by atoms with Crippen LogP contribution in [0, 0.1) is 17.0 Å². The van der Waals surface area contributed by atoms with Gasteiger partial charge in [0.1, 0.15) is 18.2 Å². The predicted molar refractivity (Wildman–Crippen MR) is 153 cm³/mol. The number of amides is 1. The van der Waals surface area contributed by atoms with E-state index in [0.29, 0.717) is 59.5 Å². The van der Waals surface area contributed by atoms with Gasteiger partial charge < -0.3 is 15.3 Å². The van der Waals surface area contributed by atoms with E-state index in [1.807, 2.05) is 31.2 Å². The van der Waals surface area contributed by atoms with Gasteiger partial charge in [0.15, 0.2) is 0 Å². The highest BCUT2D eigenvalue weighted by Gasteiger charge is 2.28. The number of fused-ring (bicyclic) bond motifs is 1. The maximum atomic E-state index is 12.7. The van der Waals surface area contributed by atoms with Crippen molar-refractivity contribution in [2.45, 2.75) is 32.9 Å². The lowest BCUT2D eigenvalue weighted by molar-refractivity contribution is -0.384. The smallest absolute Gasteiger partial charge is 0.270 e. The quantitative estimate of drug-likeness (QED) is 0.325. The number of nitro benzene ring substituents is 1. The number of benzene rings is 2. The van der Waals surface area contributed by atoms with Gasteiger partial charge in [-0.3, -0.25) is 29.8 Å². The first-order valence-corrected chi connectivity index (χ1v) is 12.9. The van der Waals surface area contributed by atoms with E-state index in [9.17, 15) is 20.0 Å². The van der Waals surface area contributed by atoms with Crippen LogP contribution in [0.25, 0.3) is 0 Å². The predicted octanol–water partition coefficient (Wildman–Crippen LogP) is 3.24. The Balaban J connectivity index is 1.52. The molecule has 0 spiro atoms. The van der Waals surface area contributed by atoms with Gasteiger partial charge in [-0.1, -0.05) is 18.2 Å². The summed E-state index contributed by atoms with van der Waals surface area (Å²) in [5, 5.41) is 24.4. The molecule has 40 heavy (non-hydrogen) atoms. The number of carbonyl (C=O) groups is 1. The summed E-state index contributed by atoms with van der Waals surface area (Å²) in [5.41, 5.74) is 4.62. The third-order valence-corrected chi connectivity index (χ3v) is 7.20. The number of likely N-dealkylation sites (N-methyl/N-ethyl adjacent to an activating group) is 1. The van der Waals surface area contributed by atoms with Crippen molar-refractivity contribution in [3.05, 3.63) is 81.3 Å². The molecule has 12 nitrogen and oxygen atoms in total. The minimum Gasteiger partial charge on any atom is -0.396 e. The van der Waals surface area contributed by atoms with E-state index >= 15 is 0 Å². The van der Waals surface area contributed by atoms with Gasteiger partial charge in [-0.25, -0.2) is 9.97 Å². The Morgan fingerprint density at radius 2 is 1.98 bits per heavy atom. The second kappa shape index (κ2) is 11.3. The fraction of sp³-hybridized carbons (Fsp3) is 0.321. The SMILES string of the molecule is Cc1ncc(CN2CN=C(CCO)C2C)c(Nc2ccccc2C2=NCC(=O)N(C)c3ccc([N+](=O)[O-])cc32)n1.